The van der Waals surface area contributed by atoms with E-state index in [9.17, 15) is 0 Å². The van der Waals surface area contributed by atoms with Gasteiger partial charge in [0.05, 0.1) is 12.0 Å². The fourth-order valence-electron chi connectivity index (χ4n) is 2.54. The average molecular weight is 287 g/mol. The summed E-state index contributed by atoms with van der Waals surface area (Å²) in [6.07, 6.45) is 2.07. The van der Waals surface area contributed by atoms with Crippen molar-refractivity contribution in [2.45, 2.75) is 37.6 Å². The van der Waals surface area contributed by atoms with E-state index >= 15 is 0 Å². The Morgan fingerprint density at radius 1 is 1.33 bits per heavy atom. The molecule has 1 saturated carbocycles. The van der Waals surface area contributed by atoms with Gasteiger partial charge in [0.1, 0.15) is 5.54 Å². The predicted octanol–water partition coefficient (Wildman–Crippen LogP) is 2.36. The highest BCUT2D eigenvalue weighted by Crippen LogP contribution is 2.52. The third kappa shape index (κ3) is 2.59. The molecule has 0 radical (unpaired) electrons. The van der Waals surface area contributed by atoms with Crippen molar-refractivity contribution in [1.29, 1.82) is 0 Å². The van der Waals surface area contributed by atoms with Gasteiger partial charge in [0.2, 0.25) is 5.89 Å². The molecule has 21 heavy (non-hydrogen) atoms. The number of nitrogens with zero attached hydrogens (tertiary/aromatic N) is 2. The minimum absolute atomic E-state index is 0.117. The molecule has 2 aromatic rings. The van der Waals surface area contributed by atoms with Crippen LogP contribution in [-0.4, -0.2) is 23.4 Å². The van der Waals surface area contributed by atoms with Crippen molar-refractivity contribution in [3.8, 4) is 0 Å². The van der Waals surface area contributed by atoms with Crippen LogP contribution in [0.1, 0.15) is 44.0 Å². The lowest BCUT2D eigenvalue weighted by atomic mass is 9.96. The number of ether oxygens (including phenoxy) is 1. The van der Waals surface area contributed by atoms with Crippen LogP contribution < -0.4 is 5.73 Å². The Balaban J connectivity index is 1.86. The monoisotopic (exact) mass is 287 g/mol. The molecule has 1 unspecified atom stereocenters. The first kappa shape index (κ1) is 14.2. The second-order valence-corrected chi connectivity index (χ2v) is 5.93. The van der Waals surface area contributed by atoms with Gasteiger partial charge in [-0.25, -0.2) is 0 Å². The van der Waals surface area contributed by atoms with Crippen LogP contribution in [0.4, 0.5) is 0 Å². The maximum atomic E-state index is 6.23. The molecule has 1 heterocycles. The summed E-state index contributed by atoms with van der Waals surface area (Å²) in [5, 5.41) is 4.08. The maximum absolute atomic E-state index is 6.23. The van der Waals surface area contributed by atoms with Gasteiger partial charge in [-0.05, 0) is 32.3 Å². The molecule has 1 atom stereocenters. The highest BCUT2D eigenvalue weighted by Gasteiger charge is 2.51. The van der Waals surface area contributed by atoms with E-state index in [4.69, 9.17) is 15.0 Å². The van der Waals surface area contributed by atoms with Crippen molar-refractivity contribution in [1.82, 2.24) is 10.1 Å². The molecule has 1 fully saturated rings. The van der Waals surface area contributed by atoms with E-state index in [0.717, 1.165) is 12.8 Å². The largest absolute Gasteiger partial charge is 0.379 e. The summed E-state index contributed by atoms with van der Waals surface area (Å²) in [5.74, 6) is 1.17. The first-order chi connectivity index (χ1) is 10.1. The summed E-state index contributed by atoms with van der Waals surface area (Å²) < 4.78 is 10.9. The zero-order valence-electron chi connectivity index (χ0n) is 12.5. The van der Waals surface area contributed by atoms with Gasteiger partial charge in [-0.1, -0.05) is 35.5 Å². The van der Waals surface area contributed by atoms with E-state index in [-0.39, 0.29) is 5.41 Å². The summed E-state index contributed by atoms with van der Waals surface area (Å²) in [4.78, 5) is 4.56. The fraction of sp³-hybridized carbons (Fsp3) is 0.500. The van der Waals surface area contributed by atoms with E-state index in [1.807, 2.05) is 32.0 Å². The van der Waals surface area contributed by atoms with Gasteiger partial charge < -0.3 is 15.0 Å². The first-order valence-corrected chi connectivity index (χ1v) is 7.35. The minimum atomic E-state index is -0.732. The summed E-state index contributed by atoms with van der Waals surface area (Å²) in [5.41, 5.74) is 6.61. The van der Waals surface area contributed by atoms with E-state index in [2.05, 4.69) is 22.3 Å². The zero-order valence-corrected chi connectivity index (χ0v) is 12.5. The number of hydrogen-bond donors (Lipinski definition) is 1. The summed E-state index contributed by atoms with van der Waals surface area (Å²) in [6.45, 7) is 4.79. The van der Waals surface area contributed by atoms with E-state index in [1.165, 1.54) is 5.56 Å². The Labute approximate surface area is 124 Å². The molecule has 1 aliphatic carbocycles. The molecule has 5 nitrogen and oxygen atoms in total. The van der Waals surface area contributed by atoms with Crippen LogP contribution in [0.3, 0.4) is 0 Å². The Morgan fingerprint density at radius 2 is 2.05 bits per heavy atom. The van der Waals surface area contributed by atoms with Crippen molar-refractivity contribution in [2.75, 3.05) is 13.2 Å². The molecule has 112 valence electrons. The van der Waals surface area contributed by atoms with Crippen LogP contribution in [0.15, 0.2) is 34.9 Å². The normalized spacial score (nSPS) is 19.2. The van der Waals surface area contributed by atoms with Crippen LogP contribution in [0.2, 0.25) is 0 Å². The third-order valence-corrected chi connectivity index (χ3v) is 4.03. The molecule has 5 heteroatoms. The molecule has 1 aromatic carbocycles. The van der Waals surface area contributed by atoms with E-state index in [1.54, 1.807) is 0 Å². The minimum Gasteiger partial charge on any atom is -0.379 e. The summed E-state index contributed by atoms with van der Waals surface area (Å²) >= 11 is 0. The van der Waals surface area contributed by atoms with Crippen molar-refractivity contribution < 1.29 is 9.26 Å². The number of rotatable bonds is 6. The zero-order chi connectivity index (χ0) is 14.9. The third-order valence-electron chi connectivity index (χ3n) is 4.03. The number of benzene rings is 1. The quantitative estimate of drug-likeness (QED) is 0.882. The Kier molecular flexibility index (Phi) is 3.55. The van der Waals surface area contributed by atoms with E-state index < -0.39 is 5.54 Å². The van der Waals surface area contributed by atoms with Gasteiger partial charge in [-0.2, -0.15) is 4.98 Å². The standard InChI is InChI=1S/C16H21N3O2/c1-3-20-11-15(2,17)13-18-14(21-19-13)16(9-10-16)12-7-5-4-6-8-12/h4-8H,3,9-11,17H2,1-2H3. The molecule has 1 aromatic heterocycles. The van der Waals surface area contributed by atoms with Crippen LogP contribution in [0.25, 0.3) is 0 Å². The average Bonchev–Trinajstić information content (AvgIpc) is 3.15. The Bertz CT molecular complexity index is 603. The van der Waals surface area contributed by atoms with Crippen molar-refractivity contribution in [3.05, 3.63) is 47.6 Å². The molecule has 0 aliphatic heterocycles. The second-order valence-electron chi connectivity index (χ2n) is 5.93. The van der Waals surface area contributed by atoms with Crippen molar-refractivity contribution in [2.24, 2.45) is 5.73 Å². The Morgan fingerprint density at radius 3 is 2.67 bits per heavy atom. The van der Waals surface area contributed by atoms with Gasteiger partial charge in [0.25, 0.3) is 0 Å². The van der Waals surface area contributed by atoms with Gasteiger partial charge >= 0.3 is 0 Å². The fourth-order valence-corrected chi connectivity index (χ4v) is 2.54. The topological polar surface area (TPSA) is 74.2 Å². The predicted molar refractivity (Wildman–Crippen MR) is 78.8 cm³/mol. The number of nitrogens with two attached hydrogens (primary N) is 1. The van der Waals surface area contributed by atoms with Crippen LogP contribution in [0.5, 0.6) is 0 Å². The lowest BCUT2D eigenvalue weighted by Gasteiger charge is -2.19. The smallest absolute Gasteiger partial charge is 0.237 e. The van der Waals surface area contributed by atoms with Gasteiger partial charge in [0, 0.05) is 6.61 Å². The SMILES string of the molecule is CCOCC(C)(N)c1noc(C2(c3ccccc3)CC2)n1. The van der Waals surface area contributed by atoms with Crippen molar-refractivity contribution in [3.63, 3.8) is 0 Å². The molecular formula is C16H21N3O2. The molecule has 0 amide bonds. The molecule has 0 saturated heterocycles. The summed E-state index contributed by atoms with van der Waals surface area (Å²) in [7, 11) is 0. The lowest BCUT2D eigenvalue weighted by Crippen LogP contribution is -2.39. The highest BCUT2D eigenvalue weighted by atomic mass is 16.5. The molecule has 3 rings (SSSR count). The molecular weight excluding hydrogens is 266 g/mol. The molecule has 1 aliphatic rings. The van der Waals surface area contributed by atoms with Gasteiger partial charge in [-0.15, -0.1) is 0 Å². The van der Waals surface area contributed by atoms with Crippen LogP contribution >= 0.6 is 0 Å². The van der Waals surface area contributed by atoms with Gasteiger partial charge in [-0.3, -0.25) is 0 Å². The number of hydrogen-bond acceptors (Lipinski definition) is 5. The lowest BCUT2D eigenvalue weighted by molar-refractivity contribution is 0.0962. The van der Waals surface area contributed by atoms with Crippen LogP contribution in [0, 0.1) is 0 Å². The molecule has 0 bridgehead atoms. The molecule has 2 N–H and O–H groups in total. The van der Waals surface area contributed by atoms with E-state index in [0.29, 0.717) is 24.9 Å². The molecule has 0 spiro atoms. The summed E-state index contributed by atoms with van der Waals surface area (Å²) in [6, 6.07) is 10.3. The highest BCUT2D eigenvalue weighted by molar-refractivity contribution is 5.38. The number of aromatic nitrogens is 2. The van der Waals surface area contributed by atoms with Crippen LogP contribution in [-0.2, 0) is 15.7 Å². The van der Waals surface area contributed by atoms with Gasteiger partial charge in [0.15, 0.2) is 5.82 Å². The maximum Gasteiger partial charge on any atom is 0.237 e. The Hall–Kier alpha value is -1.72. The first-order valence-electron chi connectivity index (χ1n) is 7.35. The van der Waals surface area contributed by atoms with Crippen molar-refractivity contribution >= 4 is 0 Å². The second kappa shape index (κ2) is 5.24.